The van der Waals surface area contributed by atoms with E-state index in [2.05, 4.69) is 120 Å². The van der Waals surface area contributed by atoms with Crippen molar-refractivity contribution in [1.29, 1.82) is 0 Å². The van der Waals surface area contributed by atoms with E-state index in [0.29, 0.717) is 5.27 Å². The number of para-hydroxylation sites is 2. The smallest absolute Gasteiger partial charge is 0.318 e. The molecule has 6 aromatic carbocycles. The Morgan fingerprint density at radius 3 is 1.90 bits per heavy atom. The molecule has 0 saturated heterocycles. The summed E-state index contributed by atoms with van der Waals surface area (Å²) in [5.41, 5.74) is 12.3. The minimum atomic E-state index is 0.342. The van der Waals surface area contributed by atoms with Crippen LogP contribution in [0.25, 0.3) is 71.7 Å². The van der Waals surface area contributed by atoms with Gasteiger partial charge in [0.1, 0.15) is 11.2 Å². The van der Waals surface area contributed by atoms with E-state index in [1.807, 2.05) is 29.3 Å². The largest absolute Gasteiger partial charge is 0.456 e. The highest BCUT2D eigenvalue weighted by Crippen LogP contribution is 2.50. The fourth-order valence-corrected chi connectivity index (χ4v) is 9.92. The Labute approximate surface area is 244 Å². The zero-order chi connectivity index (χ0) is 26.7. The third-order valence-corrected chi connectivity index (χ3v) is 11.4. The fraction of sp³-hybridized carbons (Fsp3) is 0. The molecule has 10 rings (SSSR count). The van der Waals surface area contributed by atoms with Crippen LogP contribution < -0.4 is 5.46 Å². The highest BCUT2D eigenvalue weighted by molar-refractivity contribution is 8.56. The molecule has 0 unspecified atom stereocenters. The molecule has 8 aromatic rings. The number of hydrogen-bond acceptors (Lipinski definition) is 3. The molecule has 0 radical (unpaired) electrons. The number of nitrogens with zero attached hydrogens (tertiary/aromatic N) is 1. The molecule has 5 heteroatoms. The van der Waals surface area contributed by atoms with E-state index in [4.69, 9.17) is 4.42 Å². The first-order chi connectivity index (χ1) is 20.3. The Morgan fingerprint density at radius 2 is 1.15 bits per heavy atom. The first-order valence-electron chi connectivity index (χ1n) is 13.9. The van der Waals surface area contributed by atoms with Gasteiger partial charge in [0.25, 0.3) is 0 Å². The van der Waals surface area contributed by atoms with E-state index in [9.17, 15) is 0 Å². The number of hydrogen-bond donors (Lipinski definition) is 0. The average molecular weight is 558 g/mol. The van der Waals surface area contributed by atoms with Crippen LogP contribution in [0.2, 0.25) is 0 Å². The highest BCUT2D eigenvalue weighted by atomic mass is 32.2. The van der Waals surface area contributed by atoms with Gasteiger partial charge in [-0.15, -0.1) is 0 Å². The van der Waals surface area contributed by atoms with Crippen LogP contribution in [-0.2, 0) is 0 Å². The number of fused-ring (bicyclic) bond motifs is 11. The van der Waals surface area contributed by atoms with Crippen LogP contribution in [-0.4, -0.2) is 9.84 Å². The lowest BCUT2D eigenvalue weighted by molar-refractivity contribution is 0.669. The van der Waals surface area contributed by atoms with E-state index in [1.165, 1.54) is 70.4 Å². The maximum atomic E-state index is 6.32. The van der Waals surface area contributed by atoms with Crippen molar-refractivity contribution in [2.45, 2.75) is 9.79 Å². The Hall–Kier alpha value is -4.32. The molecule has 0 atom stereocenters. The molecule has 2 nitrogen and oxygen atoms in total. The van der Waals surface area contributed by atoms with E-state index in [-0.39, 0.29) is 0 Å². The third-order valence-electron chi connectivity index (χ3n) is 8.66. The number of rotatable bonds is 1. The molecule has 2 aromatic heterocycles. The number of furan rings is 1. The first kappa shape index (κ1) is 22.4. The number of aromatic nitrogens is 1. The van der Waals surface area contributed by atoms with Gasteiger partial charge in [-0.25, -0.2) is 0 Å². The summed E-state index contributed by atoms with van der Waals surface area (Å²) in [6.45, 7) is 0. The van der Waals surface area contributed by atoms with Crippen LogP contribution in [0.3, 0.4) is 0 Å². The molecule has 190 valence electrons. The van der Waals surface area contributed by atoms with Crippen LogP contribution >= 0.6 is 23.2 Å². The lowest BCUT2D eigenvalue weighted by Crippen LogP contribution is -2.33. The van der Waals surface area contributed by atoms with Crippen LogP contribution in [0, 0.1) is 0 Å². The minimum Gasteiger partial charge on any atom is -0.456 e. The molecule has 4 heterocycles. The molecule has 0 spiro atoms. The second-order valence-electron chi connectivity index (χ2n) is 10.8. The summed E-state index contributed by atoms with van der Waals surface area (Å²) in [6.07, 6.45) is 0. The lowest BCUT2D eigenvalue weighted by atomic mass is 9.77. The van der Waals surface area contributed by atoms with Gasteiger partial charge < -0.3 is 8.98 Å². The standard InChI is InChI=1S/C36H20BNOS2/c1-5-13-28-24(11-1)34-29(17-18-31-35(34)25-12-2-6-14-30(25)39-31)38(28)21-19-26-22-9-3-7-15-32(22)40-37-36(26)27(20-21)23-10-4-8-16-33(23)41-37/h1-20H. The van der Waals surface area contributed by atoms with Gasteiger partial charge in [0.05, 0.1) is 11.0 Å². The summed E-state index contributed by atoms with van der Waals surface area (Å²) in [4.78, 5) is 2.71. The molecule has 0 aliphatic carbocycles. The molecular formula is C36H20BNOS2. The summed E-state index contributed by atoms with van der Waals surface area (Å²) in [7, 11) is 0. The van der Waals surface area contributed by atoms with E-state index in [1.54, 1.807) is 0 Å². The van der Waals surface area contributed by atoms with Crippen molar-refractivity contribution in [3.05, 3.63) is 121 Å². The molecule has 2 aliphatic rings. The Balaban J connectivity index is 1.37. The van der Waals surface area contributed by atoms with Gasteiger partial charge in [-0.1, -0.05) is 72.8 Å². The van der Waals surface area contributed by atoms with Gasteiger partial charge in [-0.05, 0) is 76.2 Å². The van der Waals surface area contributed by atoms with Crippen molar-refractivity contribution in [2.75, 3.05) is 0 Å². The second kappa shape index (κ2) is 8.13. The highest BCUT2D eigenvalue weighted by Gasteiger charge is 2.37. The summed E-state index contributed by atoms with van der Waals surface area (Å²) in [5, 5.41) is 5.19. The lowest BCUT2D eigenvalue weighted by Gasteiger charge is -2.32. The Morgan fingerprint density at radius 1 is 0.512 bits per heavy atom. The monoisotopic (exact) mass is 557 g/mol. The van der Waals surface area contributed by atoms with E-state index >= 15 is 0 Å². The van der Waals surface area contributed by atoms with Crippen molar-refractivity contribution in [1.82, 2.24) is 4.57 Å². The molecule has 41 heavy (non-hydrogen) atoms. The molecule has 0 bridgehead atoms. The predicted molar refractivity (Wildman–Crippen MR) is 176 cm³/mol. The predicted octanol–water partition coefficient (Wildman–Crippen LogP) is 9.92. The third kappa shape index (κ3) is 2.97. The normalized spacial score (nSPS) is 13.6. The van der Waals surface area contributed by atoms with Crippen LogP contribution in [0.15, 0.2) is 136 Å². The van der Waals surface area contributed by atoms with Crippen LogP contribution in [0.4, 0.5) is 0 Å². The van der Waals surface area contributed by atoms with Gasteiger partial charge in [0.15, 0.2) is 0 Å². The van der Waals surface area contributed by atoms with E-state index < -0.39 is 0 Å². The minimum absolute atomic E-state index is 0.342. The molecular weight excluding hydrogens is 537 g/mol. The quantitative estimate of drug-likeness (QED) is 0.187. The average Bonchev–Trinajstić information content (AvgIpc) is 3.56. The van der Waals surface area contributed by atoms with Gasteiger partial charge in [-0.3, -0.25) is 0 Å². The van der Waals surface area contributed by atoms with E-state index in [0.717, 1.165) is 16.6 Å². The van der Waals surface area contributed by atoms with Crippen LogP contribution in [0.5, 0.6) is 0 Å². The summed E-state index contributed by atoms with van der Waals surface area (Å²) in [5.74, 6) is 0. The SMILES string of the molecule is c1ccc2c(c1)SB1Sc3ccccc3-c3cc(-n4c5ccccc5c5c6c(ccc54)oc4ccccc46)cc-2c31. The van der Waals surface area contributed by atoms with Gasteiger partial charge >= 0.3 is 5.27 Å². The van der Waals surface area contributed by atoms with Crippen molar-refractivity contribution >= 4 is 77.7 Å². The maximum Gasteiger partial charge on any atom is 0.318 e. The summed E-state index contributed by atoms with van der Waals surface area (Å²) in [6, 6.07) is 44.2. The molecule has 0 N–H and O–H groups in total. The topological polar surface area (TPSA) is 18.1 Å². The van der Waals surface area contributed by atoms with Crippen molar-refractivity contribution < 1.29 is 4.42 Å². The summed E-state index contributed by atoms with van der Waals surface area (Å²) >= 11 is 3.97. The van der Waals surface area contributed by atoms with Gasteiger partial charge in [0, 0.05) is 37.0 Å². The Bertz CT molecular complexity index is 2330. The van der Waals surface area contributed by atoms with Gasteiger partial charge in [0.2, 0.25) is 0 Å². The zero-order valence-electron chi connectivity index (χ0n) is 21.8. The molecule has 0 saturated carbocycles. The van der Waals surface area contributed by atoms with Gasteiger partial charge in [-0.2, -0.15) is 23.2 Å². The summed E-state index contributed by atoms with van der Waals surface area (Å²) < 4.78 is 8.78. The van der Waals surface area contributed by atoms with Crippen molar-refractivity contribution in [3.63, 3.8) is 0 Å². The first-order valence-corrected chi connectivity index (χ1v) is 15.6. The fourth-order valence-electron chi connectivity index (χ4n) is 6.98. The Kier molecular flexibility index (Phi) is 4.44. The van der Waals surface area contributed by atoms with Crippen LogP contribution in [0.1, 0.15) is 0 Å². The van der Waals surface area contributed by atoms with Crippen molar-refractivity contribution in [2.24, 2.45) is 0 Å². The zero-order valence-corrected chi connectivity index (χ0v) is 23.4. The second-order valence-corrected chi connectivity index (χ2v) is 13.4. The molecule has 2 aliphatic heterocycles. The molecule has 0 amide bonds. The number of benzene rings is 6. The van der Waals surface area contributed by atoms with Crippen molar-refractivity contribution in [3.8, 4) is 27.9 Å². The maximum absolute atomic E-state index is 6.32. The molecule has 0 fully saturated rings.